The maximum atomic E-state index is 8.08. The lowest BCUT2D eigenvalue weighted by molar-refractivity contribution is 1.12. The minimum Gasteiger partial charge on any atom is -0.278 e. The summed E-state index contributed by atoms with van der Waals surface area (Å²) in [5.74, 6) is 5.71. The Morgan fingerprint density at radius 1 is 1.53 bits per heavy atom. The highest BCUT2D eigenvalue weighted by Crippen LogP contribution is 2.14. The minimum atomic E-state index is 0.185. The lowest BCUT2D eigenvalue weighted by atomic mass is 10.1. The molecule has 0 unspecified atom stereocenters. The molecule has 72 valence electrons. The Bertz CT molecular complexity index is 580. The van der Waals surface area contributed by atoms with Gasteiger partial charge in [-0.1, -0.05) is 23.0 Å². The van der Waals surface area contributed by atoms with Crippen LogP contribution in [-0.4, -0.2) is 16.7 Å². The number of nitrogens with zero attached hydrogens (tertiary/aromatic N) is 4. The quantitative estimate of drug-likeness (QED) is 0.323. The molecule has 0 saturated carbocycles. The molecule has 0 spiro atoms. The van der Waals surface area contributed by atoms with Gasteiger partial charge in [-0.15, -0.1) is 0 Å². The zero-order valence-electron chi connectivity index (χ0n) is 7.81. The van der Waals surface area contributed by atoms with Crippen LogP contribution in [-0.2, 0) is 0 Å². The van der Waals surface area contributed by atoms with E-state index in [1.54, 1.807) is 6.20 Å². The van der Waals surface area contributed by atoms with E-state index in [-0.39, 0.29) is 6.54 Å². The van der Waals surface area contributed by atoms with Crippen LogP contribution in [0.2, 0.25) is 0 Å². The van der Waals surface area contributed by atoms with Gasteiger partial charge in [-0.05, 0) is 17.7 Å². The van der Waals surface area contributed by atoms with Crippen molar-refractivity contribution in [3.8, 4) is 11.8 Å². The molecule has 1 heterocycles. The fourth-order valence-electron chi connectivity index (χ4n) is 1.28. The van der Waals surface area contributed by atoms with E-state index >= 15 is 0 Å². The van der Waals surface area contributed by atoms with E-state index in [2.05, 4.69) is 32.1 Å². The second-order valence-corrected chi connectivity index (χ2v) is 2.83. The molecule has 5 nitrogen and oxygen atoms in total. The van der Waals surface area contributed by atoms with E-state index in [0.29, 0.717) is 0 Å². The van der Waals surface area contributed by atoms with Gasteiger partial charge in [-0.3, -0.25) is 5.10 Å². The number of nitrogens with one attached hydrogen (secondary N) is 1. The van der Waals surface area contributed by atoms with Crippen LogP contribution in [0.4, 0.5) is 0 Å². The van der Waals surface area contributed by atoms with Crippen LogP contribution in [0.1, 0.15) is 5.56 Å². The Kier molecular flexibility index (Phi) is 2.54. The number of azide groups is 1. The number of aromatic nitrogens is 2. The summed E-state index contributed by atoms with van der Waals surface area (Å²) in [6.07, 6.45) is 1.73. The van der Waals surface area contributed by atoms with Gasteiger partial charge in [-0.2, -0.15) is 5.10 Å². The Morgan fingerprint density at radius 2 is 2.47 bits per heavy atom. The number of H-pyrrole nitrogens is 1. The van der Waals surface area contributed by atoms with Crippen molar-refractivity contribution in [2.45, 2.75) is 0 Å². The summed E-state index contributed by atoms with van der Waals surface area (Å²) in [6.45, 7) is 0.185. The van der Waals surface area contributed by atoms with E-state index in [4.69, 9.17) is 5.53 Å². The molecular weight excluding hydrogens is 190 g/mol. The first-order valence-electron chi connectivity index (χ1n) is 4.33. The summed E-state index contributed by atoms with van der Waals surface area (Å²) in [6, 6.07) is 5.74. The number of benzene rings is 1. The summed E-state index contributed by atoms with van der Waals surface area (Å²) < 4.78 is 0. The van der Waals surface area contributed by atoms with Crippen molar-refractivity contribution in [1.82, 2.24) is 10.2 Å². The van der Waals surface area contributed by atoms with Crippen molar-refractivity contribution < 1.29 is 0 Å². The standard InChI is InChI=1S/C10H7N5/c11-15-12-6-2-4-8-3-1-5-10-9(8)7-13-14-10/h1,3,5,7H,6H2,(H,13,14). The van der Waals surface area contributed by atoms with Gasteiger partial charge < -0.3 is 0 Å². The van der Waals surface area contributed by atoms with Gasteiger partial charge in [0.15, 0.2) is 0 Å². The van der Waals surface area contributed by atoms with Crippen molar-refractivity contribution >= 4 is 10.9 Å². The summed E-state index contributed by atoms with van der Waals surface area (Å²) in [7, 11) is 0. The fourth-order valence-corrected chi connectivity index (χ4v) is 1.28. The van der Waals surface area contributed by atoms with Crippen LogP contribution in [0.3, 0.4) is 0 Å². The van der Waals surface area contributed by atoms with Gasteiger partial charge in [0.05, 0.1) is 18.3 Å². The lowest BCUT2D eigenvalue weighted by Crippen LogP contribution is -1.77. The Hall–Kier alpha value is -2.44. The van der Waals surface area contributed by atoms with Crippen LogP contribution in [0.5, 0.6) is 0 Å². The Balaban J connectivity index is 2.37. The zero-order valence-corrected chi connectivity index (χ0v) is 7.81. The highest BCUT2D eigenvalue weighted by atomic mass is 15.1. The van der Waals surface area contributed by atoms with Crippen molar-refractivity contribution in [2.75, 3.05) is 6.54 Å². The SMILES string of the molecule is [N-]=[N+]=NCC#Cc1cccc2[nH]ncc12. The van der Waals surface area contributed by atoms with Gasteiger partial charge >= 0.3 is 0 Å². The monoisotopic (exact) mass is 197 g/mol. The second-order valence-electron chi connectivity index (χ2n) is 2.83. The average molecular weight is 197 g/mol. The van der Waals surface area contributed by atoms with Crippen LogP contribution in [0.15, 0.2) is 29.5 Å². The van der Waals surface area contributed by atoms with Crippen molar-refractivity contribution in [3.05, 3.63) is 40.4 Å². The van der Waals surface area contributed by atoms with Gasteiger partial charge in [-0.25, -0.2) is 0 Å². The molecule has 5 heteroatoms. The molecule has 0 atom stereocenters. The van der Waals surface area contributed by atoms with E-state index < -0.39 is 0 Å². The predicted octanol–water partition coefficient (Wildman–Crippen LogP) is 2.22. The summed E-state index contributed by atoms with van der Waals surface area (Å²) in [5, 5.41) is 11.1. The summed E-state index contributed by atoms with van der Waals surface area (Å²) >= 11 is 0. The molecule has 0 radical (unpaired) electrons. The first-order valence-corrected chi connectivity index (χ1v) is 4.33. The first-order chi connectivity index (χ1) is 7.42. The van der Waals surface area contributed by atoms with E-state index in [0.717, 1.165) is 16.5 Å². The lowest BCUT2D eigenvalue weighted by Gasteiger charge is -1.91. The normalized spacial score (nSPS) is 9.07. The highest BCUT2D eigenvalue weighted by Gasteiger charge is 1.98. The molecule has 0 saturated heterocycles. The van der Waals surface area contributed by atoms with Crippen LogP contribution < -0.4 is 0 Å². The molecule has 0 fully saturated rings. The summed E-state index contributed by atoms with van der Waals surface area (Å²) in [4.78, 5) is 2.62. The van der Waals surface area contributed by atoms with E-state index in [1.807, 2.05) is 18.2 Å². The van der Waals surface area contributed by atoms with Crippen molar-refractivity contribution in [1.29, 1.82) is 0 Å². The number of hydrogen-bond acceptors (Lipinski definition) is 2. The fraction of sp³-hybridized carbons (Fsp3) is 0.100. The first kappa shape index (κ1) is 9.13. The number of aromatic amines is 1. The summed E-state index contributed by atoms with van der Waals surface area (Å²) in [5.41, 5.74) is 9.91. The van der Waals surface area contributed by atoms with Gasteiger partial charge in [0.2, 0.25) is 0 Å². The second kappa shape index (κ2) is 4.18. The molecule has 2 rings (SSSR count). The van der Waals surface area contributed by atoms with Gasteiger partial charge in [0.1, 0.15) is 0 Å². The number of rotatable bonds is 1. The highest BCUT2D eigenvalue weighted by molar-refractivity contribution is 5.84. The van der Waals surface area contributed by atoms with Crippen molar-refractivity contribution in [3.63, 3.8) is 0 Å². The molecule has 1 aromatic carbocycles. The third-order valence-electron chi connectivity index (χ3n) is 1.92. The molecule has 0 aliphatic heterocycles. The number of hydrogen-bond donors (Lipinski definition) is 1. The smallest absolute Gasteiger partial charge is 0.0880 e. The van der Waals surface area contributed by atoms with Crippen molar-refractivity contribution in [2.24, 2.45) is 5.11 Å². The van der Waals surface area contributed by atoms with Crippen LogP contribution in [0.25, 0.3) is 21.3 Å². The molecule has 0 aliphatic rings. The minimum absolute atomic E-state index is 0.185. The largest absolute Gasteiger partial charge is 0.278 e. The Labute approximate surface area is 85.7 Å². The predicted molar refractivity (Wildman–Crippen MR) is 57.0 cm³/mol. The molecule has 1 N–H and O–H groups in total. The van der Waals surface area contributed by atoms with Gasteiger partial charge in [0, 0.05) is 15.9 Å². The van der Waals surface area contributed by atoms with Crippen LogP contribution >= 0.6 is 0 Å². The topological polar surface area (TPSA) is 77.4 Å². The maximum Gasteiger partial charge on any atom is 0.0880 e. The molecule has 0 amide bonds. The molecule has 15 heavy (non-hydrogen) atoms. The van der Waals surface area contributed by atoms with E-state index in [1.165, 1.54) is 0 Å². The molecular formula is C10H7N5. The maximum absolute atomic E-state index is 8.08. The number of fused-ring (bicyclic) bond motifs is 1. The Morgan fingerprint density at radius 3 is 3.33 bits per heavy atom. The van der Waals surface area contributed by atoms with Gasteiger partial charge in [0.25, 0.3) is 0 Å². The third-order valence-corrected chi connectivity index (χ3v) is 1.92. The molecule has 0 aliphatic carbocycles. The zero-order chi connectivity index (χ0) is 10.5. The molecule has 1 aromatic heterocycles. The van der Waals surface area contributed by atoms with E-state index in [9.17, 15) is 0 Å². The average Bonchev–Trinajstić information content (AvgIpc) is 2.73. The third kappa shape index (κ3) is 1.90. The molecule has 2 aromatic rings. The molecule has 0 bridgehead atoms. The van der Waals surface area contributed by atoms with Crippen LogP contribution in [0, 0.1) is 11.8 Å².